The Hall–Kier alpha value is -4.07. The van der Waals surface area contributed by atoms with Crippen LogP contribution in [0.5, 0.6) is 11.5 Å². The van der Waals surface area contributed by atoms with Crippen molar-refractivity contribution in [2.24, 2.45) is 0 Å². The molecule has 1 aromatic heterocycles. The zero-order valence-electron chi connectivity index (χ0n) is 17.8. The van der Waals surface area contributed by atoms with Crippen LogP contribution in [0.25, 0.3) is 10.9 Å². The summed E-state index contributed by atoms with van der Waals surface area (Å²) >= 11 is 5.88. The van der Waals surface area contributed by atoms with Crippen LogP contribution in [-0.4, -0.2) is 34.5 Å². The Balaban J connectivity index is 1.55. The lowest BCUT2D eigenvalue weighted by Gasteiger charge is -2.17. The van der Waals surface area contributed by atoms with Crippen LogP contribution < -0.4 is 20.3 Å². The number of benzene rings is 2. The van der Waals surface area contributed by atoms with Gasteiger partial charge in [0.05, 0.1) is 24.1 Å². The van der Waals surface area contributed by atoms with Crippen LogP contribution in [0.15, 0.2) is 48.5 Å². The summed E-state index contributed by atoms with van der Waals surface area (Å²) < 4.78 is 30.6. The summed E-state index contributed by atoms with van der Waals surface area (Å²) in [4.78, 5) is 19.6. The number of methoxy groups -OCH3 is 1. The molecule has 1 aliphatic rings. The number of allylic oxidation sites excluding steroid dienone is 1. The largest absolute Gasteiger partial charge is 0.493 e. The molecule has 0 fully saturated rings. The van der Waals surface area contributed by atoms with Crippen LogP contribution in [0.2, 0.25) is 5.02 Å². The average molecular weight is 485 g/mol. The van der Waals surface area contributed by atoms with Crippen LogP contribution >= 0.6 is 11.6 Å². The first-order valence-corrected chi connectivity index (χ1v) is 10.3. The minimum atomic E-state index is -0.667. The summed E-state index contributed by atoms with van der Waals surface area (Å²) in [6, 6.07) is 7.66. The lowest BCUT2D eigenvalue weighted by atomic mass is 10.2. The molecule has 1 amide bonds. The van der Waals surface area contributed by atoms with Crippen LogP contribution in [0.4, 0.5) is 15.9 Å². The lowest BCUT2D eigenvalue weighted by Crippen LogP contribution is -2.17. The van der Waals surface area contributed by atoms with Crippen molar-refractivity contribution < 1.29 is 28.6 Å². The summed E-state index contributed by atoms with van der Waals surface area (Å²) in [6.45, 7) is 0. The third kappa shape index (κ3) is 5.28. The van der Waals surface area contributed by atoms with E-state index >= 15 is 0 Å². The topological polar surface area (TPSA) is 115 Å². The fourth-order valence-electron chi connectivity index (χ4n) is 3.11. The highest BCUT2D eigenvalue weighted by Crippen LogP contribution is 2.36. The van der Waals surface area contributed by atoms with Crippen LogP contribution in [0.3, 0.4) is 0 Å². The molecule has 0 radical (unpaired) electrons. The minimum Gasteiger partial charge on any atom is -0.493 e. The van der Waals surface area contributed by atoms with E-state index < -0.39 is 18.0 Å². The molecule has 2 heterocycles. The van der Waals surface area contributed by atoms with Gasteiger partial charge in [-0.2, -0.15) is 0 Å². The van der Waals surface area contributed by atoms with Gasteiger partial charge in [0.25, 0.3) is 5.91 Å². The second-order valence-corrected chi connectivity index (χ2v) is 7.39. The second kappa shape index (κ2) is 10.2. The SMILES string of the molecule is COc1cc2ncnc(Nc3ccc(F)c(Cl)c3)c2cc1OC1CC=C(C#CCC(=O)NO)O1. The van der Waals surface area contributed by atoms with E-state index in [1.54, 1.807) is 24.3 Å². The molecule has 2 aromatic carbocycles. The predicted octanol–water partition coefficient (Wildman–Crippen LogP) is 4.08. The fourth-order valence-corrected chi connectivity index (χ4v) is 3.29. The lowest BCUT2D eigenvalue weighted by molar-refractivity contribution is -0.128. The number of ether oxygens (including phenoxy) is 3. The van der Waals surface area contributed by atoms with E-state index in [0.717, 1.165) is 0 Å². The summed E-state index contributed by atoms with van der Waals surface area (Å²) in [6.07, 6.45) is 2.70. The van der Waals surface area contributed by atoms with Crippen LogP contribution in [-0.2, 0) is 9.53 Å². The van der Waals surface area contributed by atoms with Gasteiger partial charge < -0.3 is 19.5 Å². The number of fused-ring (bicyclic) bond motifs is 1. The maximum Gasteiger partial charge on any atom is 0.255 e. The van der Waals surface area contributed by atoms with E-state index in [0.29, 0.717) is 46.1 Å². The van der Waals surface area contributed by atoms with Crippen LogP contribution in [0.1, 0.15) is 12.8 Å². The van der Waals surface area contributed by atoms with Gasteiger partial charge in [0.15, 0.2) is 17.3 Å². The van der Waals surface area contributed by atoms with E-state index in [-0.39, 0.29) is 11.4 Å². The highest BCUT2D eigenvalue weighted by atomic mass is 35.5. The number of nitrogens with one attached hydrogen (secondary N) is 2. The number of hydrogen-bond acceptors (Lipinski definition) is 8. The molecule has 3 aromatic rings. The van der Waals surface area contributed by atoms with Gasteiger partial charge in [-0.3, -0.25) is 10.0 Å². The molecule has 34 heavy (non-hydrogen) atoms. The summed E-state index contributed by atoms with van der Waals surface area (Å²) in [5.74, 6) is 5.79. The third-order valence-corrected chi connectivity index (χ3v) is 4.99. The molecule has 0 saturated carbocycles. The molecule has 174 valence electrons. The number of carbonyl (C=O) groups excluding carboxylic acids is 1. The fraction of sp³-hybridized carbons (Fsp3) is 0.174. The minimum absolute atomic E-state index is 0.0178. The van der Waals surface area contributed by atoms with Gasteiger partial charge in [0.1, 0.15) is 18.0 Å². The normalized spacial score (nSPS) is 14.5. The zero-order valence-corrected chi connectivity index (χ0v) is 18.5. The van der Waals surface area contributed by atoms with E-state index in [2.05, 4.69) is 27.1 Å². The van der Waals surface area contributed by atoms with Gasteiger partial charge in [-0.15, -0.1) is 0 Å². The van der Waals surface area contributed by atoms with Crippen molar-refractivity contribution in [3.8, 4) is 23.3 Å². The Morgan fingerprint density at radius 2 is 2.18 bits per heavy atom. The number of carbonyl (C=O) groups is 1. The molecule has 11 heteroatoms. The van der Waals surface area contributed by atoms with Crippen molar-refractivity contribution in [3.05, 3.63) is 59.3 Å². The van der Waals surface area contributed by atoms with E-state index in [1.807, 2.05) is 0 Å². The maximum atomic E-state index is 13.5. The smallest absolute Gasteiger partial charge is 0.255 e. The summed E-state index contributed by atoms with van der Waals surface area (Å²) in [5.41, 5.74) is 2.64. The van der Waals surface area contributed by atoms with Crippen LogP contribution in [0, 0.1) is 17.7 Å². The number of anilines is 2. The van der Waals surface area contributed by atoms with Crippen molar-refractivity contribution in [2.45, 2.75) is 19.1 Å². The highest BCUT2D eigenvalue weighted by Gasteiger charge is 2.21. The Morgan fingerprint density at radius 3 is 2.94 bits per heavy atom. The Bertz CT molecular complexity index is 1340. The molecule has 1 unspecified atom stereocenters. The van der Waals surface area contributed by atoms with Gasteiger partial charge in [0, 0.05) is 23.6 Å². The van der Waals surface area contributed by atoms with Gasteiger partial charge in [-0.25, -0.2) is 19.8 Å². The Kier molecular flexibility index (Phi) is 6.96. The molecule has 0 spiro atoms. The van der Waals surface area contributed by atoms with Crippen molar-refractivity contribution in [1.29, 1.82) is 0 Å². The third-order valence-electron chi connectivity index (χ3n) is 4.70. The van der Waals surface area contributed by atoms with Crippen molar-refractivity contribution >= 4 is 39.9 Å². The highest BCUT2D eigenvalue weighted by molar-refractivity contribution is 6.31. The summed E-state index contributed by atoms with van der Waals surface area (Å²) in [5, 5.41) is 12.2. The molecule has 0 aliphatic carbocycles. The number of halogens is 2. The first kappa shape index (κ1) is 23.1. The molecule has 1 atom stereocenters. The van der Waals surface area contributed by atoms with Gasteiger partial charge in [0.2, 0.25) is 6.29 Å². The van der Waals surface area contributed by atoms with E-state index in [4.69, 9.17) is 31.0 Å². The predicted molar refractivity (Wildman–Crippen MR) is 121 cm³/mol. The number of amides is 1. The van der Waals surface area contributed by atoms with Gasteiger partial charge in [-0.1, -0.05) is 17.5 Å². The maximum absolute atomic E-state index is 13.5. The summed E-state index contributed by atoms with van der Waals surface area (Å²) in [7, 11) is 1.51. The standard InChI is InChI=1S/C23H18ClFN4O5/c1-32-19-11-18-15(23(27-12-26-18)28-13-5-7-17(25)16(24)9-13)10-20(19)34-22-8-6-14(33-22)3-2-4-21(30)29-31/h5-7,9-12,22,31H,4,8H2,1H3,(H,29,30)(H,26,27,28). The van der Waals surface area contributed by atoms with E-state index in [9.17, 15) is 9.18 Å². The quantitative estimate of drug-likeness (QED) is 0.272. The van der Waals surface area contributed by atoms with E-state index in [1.165, 1.54) is 31.0 Å². The number of aromatic nitrogens is 2. The number of hydrogen-bond donors (Lipinski definition) is 3. The molecule has 3 N–H and O–H groups in total. The van der Waals surface area contributed by atoms with Crippen molar-refractivity contribution in [1.82, 2.24) is 15.4 Å². The average Bonchev–Trinajstić information content (AvgIpc) is 3.28. The monoisotopic (exact) mass is 484 g/mol. The number of nitrogens with zero attached hydrogens (tertiary/aromatic N) is 2. The molecule has 4 rings (SSSR count). The molecule has 0 bridgehead atoms. The Morgan fingerprint density at radius 1 is 1.32 bits per heavy atom. The Labute approximate surface area is 198 Å². The van der Waals surface area contributed by atoms with Crippen molar-refractivity contribution in [3.63, 3.8) is 0 Å². The molecular formula is C23H18ClFN4O5. The molecule has 1 aliphatic heterocycles. The first-order chi connectivity index (χ1) is 16.5. The van der Waals surface area contributed by atoms with Gasteiger partial charge in [-0.05, 0) is 36.3 Å². The van der Waals surface area contributed by atoms with Crippen molar-refractivity contribution in [2.75, 3.05) is 12.4 Å². The zero-order chi connectivity index (χ0) is 24.1. The number of hydroxylamine groups is 1. The number of rotatable bonds is 6. The second-order valence-electron chi connectivity index (χ2n) is 6.98. The molecule has 0 saturated heterocycles. The molecule has 9 nitrogen and oxygen atoms in total. The first-order valence-electron chi connectivity index (χ1n) is 9.97. The van der Waals surface area contributed by atoms with Gasteiger partial charge >= 0.3 is 0 Å². The molecular weight excluding hydrogens is 467 g/mol.